The van der Waals surface area contributed by atoms with Gasteiger partial charge in [-0.2, -0.15) is 0 Å². The smallest absolute Gasteiger partial charge is 0.271 e. The minimum absolute atomic E-state index is 0.124. The highest BCUT2D eigenvalue weighted by atomic mass is 16.1. The van der Waals surface area contributed by atoms with E-state index in [-0.39, 0.29) is 5.91 Å². The zero-order valence-corrected chi connectivity index (χ0v) is 10.1. The molecule has 0 aromatic carbocycles. The van der Waals surface area contributed by atoms with Crippen LogP contribution in [0.5, 0.6) is 0 Å². The Labute approximate surface area is 101 Å². The van der Waals surface area contributed by atoms with E-state index in [9.17, 15) is 4.79 Å². The molecule has 1 aromatic rings. The number of hydrogen-bond acceptors (Lipinski definition) is 4. The number of aromatic nitrogens is 2. The number of anilines is 1. The molecule has 1 aromatic heterocycles. The quantitative estimate of drug-likeness (QED) is 0.833. The molecule has 2 N–H and O–H groups in total. The van der Waals surface area contributed by atoms with Gasteiger partial charge in [0.05, 0.1) is 12.4 Å². The summed E-state index contributed by atoms with van der Waals surface area (Å²) < 4.78 is 0. The van der Waals surface area contributed by atoms with Crippen molar-refractivity contribution in [3.05, 3.63) is 18.1 Å². The molecular formula is C12H18N4O. The third-order valence-corrected chi connectivity index (χ3v) is 3.06. The molecule has 17 heavy (non-hydrogen) atoms. The maximum absolute atomic E-state index is 11.9. The van der Waals surface area contributed by atoms with Crippen molar-refractivity contribution in [3.63, 3.8) is 0 Å². The third kappa shape index (κ3) is 3.15. The second-order valence-corrected chi connectivity index (χ2v) is 4.35. The molecule has 5 heteroatoms. The van der Waals surface area contributed by atoms with Crippen molar-refractivity contribution in [2.24, 2.45) is 0 Å². The van der Waals surface area contributed by atoms with E-state index in [4.69, 9.17) is 0 Å². The van der Waals surface area contributed by atoms with Gasteiger partial charge in [-0.1, -0.05) is 19.3 Å². The Morgan fingerprint density at radius 3 is 2.76 bits per heavy atom. The Bertz CT molecular complexity index is 388. The maximum Gasteiger partial charge on any atom is 0.271 e. The molecule has 1 saturated carbocycles. The second kappa shape index (κ2) is 5.61. The molecule has 1 aliphatic carbocycles. The minimum atomic E-state index is -0.124. The first-order valence-corrected chi connectivity index (χ1v) is 6.10. The molecule has 1 amide bonds. The van der Waals surface area contributed by atoms with E-state index in [0.29, 0.717) is 17.6 Å². The lowest BCUT2D eigenvalue weighted by Crippen LogP contribution is -2.36. The van der Waals surface area contributed by atoms with Crippen molar-refractivity contribution in [1.29, 1.82) is 0 Å². The van der Waals surface area contributed by atoms with Crippen molar-refractivity contribution in [2.45, 2.75) is 38.1 Å². The monoisotopic (exact) mass is 234 g/mol. The van der Waals surface area contributed by atoms with Gasteiger partial charge in [-0.15, -0.1) is 0 Å². The summed E-state index contributed by atoms with van der Waals surface area (Å²) in [7, 11) is 1.76. The van der Waals surface area contributed by atoms with E-state index in [1.807, 2.05) is 0 Å². The van der Waals surface area contributed by atoms with Gasteiger partial charge in [-0.05, 0) is 12.8 Å². The highest BCUT2D eigenvalue weighted by molar-refractivity contribution is 5.92. The first kappa shape index (κ1) is 11.8. The molecule has 0 spiro atoms. The van der Waals surface area contributed by atoms with Crippen LogP contribution in [0.3, 0.4) is 0 Å². The summed E-state index contributed by atoms with van der Waals surface area (Å²) in [4.78, 5) is 20.1. The molecule has 2 rings (SSSR count). The number of amides is 1. The molecule has 1 fully saturated rings. The van der Waals surface area contributed by atoms with Gasteiger partial charge in [-0.3, -0.25) is 9.78 Å². The first-order chi connectivity index (χ1) is 8.29. The first-order valence-electron chi connectivity index (χ1n) is 6.10. The van der Waals surface area contributed by atoms with Gasteiger partial charge in [0, 0.05) is 13.1 Å². The Hall–Kier alpha value is -1.65. The zero-order chi connectivity index (χ0) is 12.1. The summed E-state index contributed by atoms with van der Waals surface area (Å²) in [5, 5.41) is 5.89. The van der Waals surface area contributed by atoms with E-state index >= 15 is 0 Å². The van der Waals surface area contributed by atoms with Crippen LogP contribution in [0.1, 0.15) is 42.6 Å². The van der Waals surface area contributed by atoms with Crippen LogP contribution in [-0.2, 0) is 0 Å². The van der Waals surface area contributed by atoms with Crippen LogP contribution in [0.4, 0.5) is 5.82 Å². The summed E-state index contributed by atoms with van der Waals surface area (Å²) in [6.07, 6.45) is 8.92. The molecule has 0 bridgehead atoms. The molecule has 1 heterocycles. The average Bonchev–Trinajstić information content (AvgIpc) is 2.40. The van der Waals surface area contributed by atoms with Crippen LogP contribution >= 0.6 is 0 Å². The van der Waals surface area contributed by atoms with E-state index in [1.165, 1.54) is 25.5 Å². The van der Waals surface area contributed by atoms with Gasteiger partial charge in [-0.25, -0.2) is 4.98 Å². The van der Waals surface area contributed by atoms with Crippen molar-refractivity contribution >= 4 is 11.7 Å². The van der Waals surface area contributed by atoms with Gasteiger partial charge in [0.1, 0.15) is 11.5 Å². The predicted molar refractivity (Wildman–Crippen MR) is 65.9 cm³/mol. The summed E-state index contributed by atoms with van der Waals surface area (Å²) in [5.41, 5.74) is 0.377. The second-order valence-electron chi connectivity index (χ2n) is 4.35. The molecule has 0 unspecified atom stereocenters. The third-order valence-electron chi connectivity index (χ3n) is 3.06. The van der Waals surface area contributed by atoms with E-state index in [1.54, 1.807) is 13.2 Å². The number of nitrogens with one attached hydrogen (secondary N) is 2. The lowest BCUT2D eigenvalue weighted by Gasteiger charge is -2.22. The van der Waals surface area contributed by atoms with Crippen LogP contribution in [0.15, 0.2) is 12.4 Å². The van der Waals surface area contributed by atoms with Crippen molar-refractivity contribution < 1.29 is 4.79 Å². The molecule has 0 radical (unpaired) electrons. The lowest BCUT2D eigenvalue weighted by molar-refractivity contribution is 0.0922. The number of hydrogen-bond donors (Lipinski definition) is 2. The standard InChI is InChI=1S/C12H18N4O/c1-13-11-8-14-7-10(16-11)12(17)15-9-5-3-2-4-6-9/h7-9H,2-6H2,1H3,(H,13,16)(H,15,17). The maximum atomic E-state index is 11.9. The molecule has 1 aliphatic rings. The average molecular weight is 234 g/mol. The van der Waals surface area contributed by atoms with Gasteiger partial charge >= 0.3 is 0 Å². The highest BCUT2D eigenvalue weighted by Crippen LogP contribution is 2.17. The zero-order valence-electron chi connectivity index (χ0n) is 10.1. The topological polar surface area (TPSA) is 66.9 Å². The Morgan fingerprint density at radius 2 is 2.06 bits per heavy atom. The fraction of sp³-hybridized carbons (Fsp3) is 0.583. The van der Waals surface area contributed by atoms with Crippen LogP contribution in [0, 0.1) is 0 Å². The van der Waals surface area contributed by atoms with E-state index < -0.39 is 0 Å². The Kier molecular flexibility index (Phi) is 3.90. The van der Waals surface area contributed by atoms with E-state index in [2.05, 4.69) is 20.6 Å². The van der Waals surface area contributed by atoms with Gasteiger partial charge < -0.3 is 10.6 Å². The molecule has 5 nitrogen and oxygen atoms in total. The largest absolute Gasteiger partial charge is 0.372 e. The predicted octanol–water partition coefficient (Wildman–Crippen LogP) is 1.58. The van der Waals surface area contributed by atoms with Crippen LogP contribution < -0.4 is 10.6 Å². The SMILES string of the molecule is CNc1cncc(C(=O)NC2CCCCC2)n1. The number of carbonyl (C=O) groups is 1. The minimum Gasteiger partial charge on any atom is -0.372 e. The number of nitrogens with zero attached hydrogens (tertiary/aromatic N) is 2. The van der Waals surface area contributed by atoms with Crippen molar-refractivity contribution in [3.8, 4) is 0 Å². The summed E-state index contributed by atoms with van der Waals surface area (Å²) in [5.74, 6) is 0.489. The fourth-order valence-electron chi connectivity index (χ4n) is 2.10. The summed E-state index contributed by atoms with van der Waals surface area (Å²) >= 11 is 0. The Morgan fingerprint density at radius 1 is 1.29 bits per heavy atom. The normalized spacial score (nSPS) is 16.5. The molecule has 0 atom stereocenters. The summed E-state index contributed by atoms with van der Waals surface area (Å²) in [6, 6.07) is 0.302. The molecule has 0 aliphatic heterocycles. The highest BCUT2D eigenvalue weighted by Gasteiger charge is 2.17. The van der Waals surface area contributed by atoms with Crippen LogP contribution in [0.2, 0.25) is 0 Å². The van der Waals surface area contributed by atoms with E-state index in [0.717, 1.165) is 12.8 Å². The van der Waals surface area contributed by atoms with Gasteiger partial charge in [0.2, 0.25) is 0 Å². The van der Waals surface area contributed by atoms with Crippen LogP contribution in [-0.4, -0.2) is 29.0 Å². The summed E-state index contributed by atoms with van der Waals surface area (Å²) in [6.45, 7) is 0. The molecule has 0 saturated heterocycles. The van der Waals surface area contributed by atoms with Crippen molar-refractivity contribution in [2.75, 3.05) is 12.4 Å². The molecular weight excluding hydrogens is 216 g/mol. The number of carbonyl (C=O) groups excluding carboxylic acids is 1. The number of rotatable bonds is 3. The van der Waals surface area contributed by atoms with Crippen molar-refractivity contribution in [1.82, 2.24) is 15.3 Å². The Balaban J connectivity index is 1.98. The molecule has 92 valence electrons. The van der Waals surface area contributed by atoms with Gasteiger partial charge in [0.25, 0.3) is 5.91 Å². The van der Waals surface area contributed by atoms with Gasteiger partial charge in [0.15, 0.2) is 0 Å². The van der Waals surface area contributed by atoms with Crippen LogP contribution in [0.25, 0.3) is 0 Å². The fourth-order valence-corrected chi connectivity index (χ4v) is 2.10. The lowest BCUT2D eigenvalue weighted by atomic mass is 9.95.